The van der Waals surface area contributed by atoms with E-state index in [2.05, 4.69) is 10.3 Å². The van der Waals surface area contributed by atoms with Crippen molar-refractivity contribution in [2.45, 2.75) is 0 Å². The lowest BCUT2D eigenvalue weighted by molar-refractivity contribution is 0.0958. The molecule has 0 spiro atoms. The molecule has 3 aromatic rings. The Morgan fingerprint density at radius 3 is 2.94 bits per heavy atom. The number of carbonyl (C=O) groups excluding carboxylic acids is 1. The quantitative estimate of drug-likeness (QED) is 0.644. The molecule has 0 unspecified atom stereocenters. The number of hydrogen-bond donors (Lipinski definition) is 0. The summed E-state index contributed by atoms with van der Waals surface area (Å²) in [6, 6.07) is 10.8. The Morgan fingerprint density at radius 1 is 1.22 bits per heavy atom. The second-order valence-electron chi connectivity index (χ2n) is 3.68. The van der Waals surface area contributed by atoms with Gasteiger partial charge in [-0.1, -0.05) is 17.3 Å². The van der Waals surface area contributed by atoms with Gasteiger partial charge in [0.1, 0.15) is 11.3 Å². The van der Waals surface area contributed by atoms with Gasteiger partial charge in [0.05, 0.1) is 11.8 Å². The monoisotopic (exact) mass is 239 g/mol. The number of hydrogen-bond acceptors (Lipinski definition) is 4. The number of aromatic nitrogens is 3. The van der Waals surface area contributed by atoms with Gasteiger partial charge in [-0.05, 0) is 30.3 Å². The maximum absolute atomic E-state index is 11.9. The van der Waals surface area contributed by atoms with E-state index in [9.17, 15) is 4.79 Å². The van der Waals surface area contributed by atoms with Crippen molar-refractivity contribution in [3.05, 3.63) is 54.5 Å². The van der Waals surface area contributed by atoms with Crippen LogP contribution < -0.4 is 0 Å². The highest BCUT2D eigenvalue weighted by molar-refractivity contribution is 5.97. The van der Waals surface area contributed by atoms with Crippen LogP contribution in [0.1, 0.15) is 10.6 Å². The first-order valence-corrected chi connectivity index (χ1v) is 5.41. The van der Waals surface area contributed by atoms with Crippen LogP contribution in [0.3, 0.4) is 0 Å². The summed E-state index contributed by atoms with van der Waals surface area (Å²) in [6.45, 7) is 0. The molecule has 2 aromatic heterocycles. The molecule has 0 aliphatic carbocycles. The van der Waals surface area contributed by atoms with Crippen LogP contribution in [0.25, 0.3) is 17.1 Å². The first-order valence-electron chi connectivity index (χ1n) is 5.41. The average Bonchev–Trinajstić information content (AvgIpc) is 3.05. The Kier molecular flexibility index (Phi) is 2.49. The number of furan rings is 1. The molecular formula is C13H9N3O2. The number of rotatable bonds is 2. The van der Waals surface area contributed by atoms with Crippen LogP contribution in [0.4, 0.5) is 0 Å². The molecule has 0 atom stereocenters. The van der Waals surface area contributed by atoms with Gasteiger partial charge >= 0.3 is 0 Å². The van der Waals surface area contributed by atoms with Gasteiger partial charge in [-0.15, -0.1) is 5.10 Å². The van der Waals surface area contributed by atoms with Crippen molar-refractivity contribution in [2.24, 2.45) is 0 Å². The van der Waals surface area contributed by atoms with Gasteiger partial charge in [-0.2, -0.15) is 4.68 Å². The normalized spacial score (nSPS) is 11.3. The van der Waals surface area contributed by atoms with E-state index < -0.39 is 0 Å². The summed E-state index contributed by atoms with van der Waals surface area (Å²) >= 11 is 0. The van der Waals surface area contributed by atoms with Gasteiger partial charge in [0, 0.05) is 6.08 Å². The number of para-hydroxylation sites is 1. The minimum Gasteiger partial charge on any atom is -0.465 e. The van der Waals surface area contributed by atoms with Gasteiger partial charge in [-0.3, -0.25) is 4.79 Å². The van der Waals surface area contributed by atoms with Crippen LogP contribution in [0.2, 0.25) is 0 Å². The third-order valence-electron chi connectivity index (χ3n) is 2.49. The van der Waals surface area contributed by atoms with E-state index in [-0.39, 0.29) is 5.91 Å². The van der Waals surface area contributed by atoms with Crippen molar-refractivity contribution >= 4 is 23.0 Å². The number of benzene rings is 1. The van der Waals surface area contributed by atoms with Crippen LogP contribution in [0.15, 0.2) is 53.2 Å². The maximum atomic E-state index is 11.9. The first-order chi connectivity index (χ1) is 8.84. The molecule has 88 valence electrons. The summed E-state index contributed by atoms with van der Waals surface area (Å²) in [5, 5.41) is 7.75. The van der Waals surface area contributed by atoms with Gasteiger partial charge in [-0.25, -0.2) is 0 Å². The number of carbonyl (C=O) groups is 1. The maximum Gasteiger partial charge on any atom is 0.273 e. The fraction of sp³-hybridized carbons (Fsp3) is 0. The Hall–Kier alpha value is -2.69. The van der Waals surface area contributed by atoms with Gasteiger partial charge in [0.25, 0.3) is 5.91 Å². The van der Waals surface area contributed by atoms with E-state index in [4.69, 9.17) is 4.42 Å². The molecule has 5 nitrogen and oxygen atoms in total. The lowest BCUT2D eigenvalue weighted by atomic mass is 10.3. The number of nitrogens with zero attached hydrogens (tertiary/aromatic N) is 3. The molecule has 0 bridgehead atoms. The second-order valence-corrected chi connectivity index (χ2v) is 3.68. The molecule has 18 heavy (non-hydrogen) atoms. The third kappa shape index (κ3) is 1.82. The Labute approximate surface area is 102 Å². The third-order valence-corrected chi connectivity index (χ3v) is 2.49. The fourth-order valence-electron chi connectivity index (χ4n) is 1.64. The van der Waals surface area contributed by atoms with Crippen LogP contribution in [-0.4, -0.2) is 20.9 Å². The van der Waals surface area contributed by atoms with Gasteiger partial charge in [0.2, 0.25) is 0 Å². The van der Waals surface area contributed by atoms with Gasteiger partial charge < -0.3 is 4.42 Å². The number of fused-ring (bicyclic) bond motifs is 1. The highest BCUT2D eigenvalue weighted by Crippen LogP contribution is 2.10. The Morgan fingerprint density at radius 2 is 2.11 bits per heavy atom. The van der Waals surface area contributed by atoms with Crippen molar-refractivity contribution in [3.63, 3.8) is 0 Å². The van der Waals surface area contributed by atoms with Crippen molar-refractivity contribution in [1.82, 2.24) is 15.0 Å². The van der Waals surface area contributed by atoms with E-state index >= 15 is 0 Å². The molecule has 0 amide bonds. The molecule has 5 heteroatoms. The summed E-state index contributed by atoms with van der Waals surface area (Å²) in [5.74, 6) is 0.355. The Bertz CT molecular complexity index is 711. The topological polar surface area (TPSA) is 60.9 Å². The molecule has 0 aliphatic rings. The highest BCUT2D eigenvalue weighted by Gasteiger charge is 2.08. The van der Waals surface area contributed by atoms with Crippen LogP contribution >= 0.6 is 0 Å². The zero-order valence-electron chi connectivity index (χ0n) is 9.35. The SMILES string of the molecule is O=C(C=Cc1ccco1)n1nnc2ccccc21. The molecule has 0 N–H and O–H groups in total. The van der Waals surface area contributed by atoms with Crippen LogP contribution in [0, 0.1) is 0 Å². The minimum absolute atomic E-state index is 0.264. The summed E-state index contributed by atoms with van der Waals surface area (Å²) in [6.07, 6.45) is 4.55. The minimum atomic E-state index is -0.264. The standard InChI is InChI=1S/C13H9N3O2/c17-13(8-7-10-4-3-9-18-10)16-12-6-2-1-5-11(12)14-15-16/h1-9H. The number of allylic oxidation sites excluding steroid dienone is 1. The van der Waals surface area contributed by atoms with E-state index in [1.165, 1.54) is 10.8 Å². The first kappa shape index (κ1) is 10.5. The van der Waals surface area contributed by atoms with Crippen molar-refractivity contribution in [3.8, 4) is 0 Å². The fourth-order valence-corrected chi connectivity index (χ4v) is 1.64. The van der Waals surface area contributed by atoms with Crippen LogP contribution in [-0.2, 0) is 0 Å². The molecule has 3 rings (SSSR count). The zero-order chi connectivity index (χ0) is 12.4. The smallest absolute Gasteiger partial charge is 0.273 e. The lowest BCUT2D eigenvalue weighted by Gasteiger charge is -1.94. The molecule has 2 heterocycles. The van der Waals surface area contributed by atoms with Crippen molar-refractivity contribution in [1.29, 1.82) is 0 Å². The predicted octanol–water partition coefficient (Wildman–Crippen LogP) is 2.38. The molecule has 1 aromatic carbocycles. The van der Waals surface area contributed by atoms with Crippen LogP contribution in [0.5, 0.6) is 0 Å². The Balaban J connectivity index is 1.93. The summed E-state index contributed by atoms with van der Waals surface area (Å²) in [7, 11) is 0. The molecule has 0 radical (unpaired) electrons. The predicted molar refractivity (Wildman–Crippen MR) is 65.9 cm³/mol. The van der Waals surface area contributed by atoms with Gasteiger partial charge in [0.15, 0.2) is 0 Å². The van der Waals surface area contributed by atoms with E-state index in [1.807, 2.05) is 18.2 Å². The summed E-state index contributed by atoms with van der Waals surface area (Å²) in [5.41, 5.74) is 1.38. The summed E-state index contributed by atoms with van der Waals surface area (Å²) in [4.78, 5) is 11.9. The molecule has 0 fully saturated rings. The van der Waals surface area contributed by atoms with Crippen molar-refractivity contribution < 1.29 is 9.21 Å². The van der Waals surface area contributed by atoms with E-state index in [0.717, 1.165) is 0 Å². The largest absolute Gasteiger partial charge is 0.465 e. The van der Waals surface area contributed by atoms with Crippen molar-refractivity contribution in [2.75, 3.05) is 0 Å². The summed E-state index contributed by atoms with van der Waals surface area (Å²) < 4.78 is 6.36. The van der Waals surface area contributed by atoms with E-state index in [0.29, 0.717) is 16.8 Å². The average molecular weight is 239 g/mol. The molecule has 0 saturated carbocycles. The van der Waals surface area contributed by atoms with E-state index in [1.54, 1.807) is 30.5 Å². The second kappa shape index (κ2) is 4.29. The molecule has 0 saturated heterocycles. The molecule has 0 aliphatic heterocycles. The molecular weight excluding hydrogens is 230 g/mol. The zero-order valence-corrected chi connectivity index (χ0v) is 9.35. The highest BCUT2D eigenvalue weighted by atomic mass is 16.3. The lowest BCUT2D eigenvalue weighted by Crippen LogP contribution is -2.08.